The van der Waals surface area contributed by atoms with Gasteiger partial charge in [-0.05, 0) is 24.6 Å². The maximum atomic E-state index is 13.6. The highest BCUT2D eigenvalue weighted by molar-refractivity contribution is 5.62. The van der Waals surface area contributed by atoms with E-state index in [9.17, 15) is 8.78 Å². The lowest BCUT2D eigenvalue weighted by Gasteiger charge is -2.05. The van der Waals surface area contributed by atoms with Crippen molar-refractivity contribution in [3.63, 3.8) is 0 Å². The van der Waals surface area contributed by atoms with Gasteiger partial charge in [-0.2, -0.15) is 0 Å². The first-order valence-electron chi connectivity index (χ1n) is 4.61. The SMILES string of the molecule is Cc1cc(F)c(-c2cc(N)ncn2)cc1F. The van der Waals surface area contributed by atoms with Crippen LogP contribution in [0.1, 0.15) is 5.56 Å². The Morgan fingerprint density at radius 2 is 1.81 bits per heavy atom. The Morgan fingerprint density at radius 3 is 2.50 bits per heavy atom. The van der Waals surface area contributed by atoms with Gasteiger partial charge in [-0.15, -0.1) is 0 Å². The molecule has 2 rings (SSSR count). The smallest absolute Gasteiger partial charge is 0.133 e. The van der Waals surface area contributed by atoms with Gasteiger partial charge in [-0.3, -0.25) is 0 Å². The lowest BCUT2D eigenvalue weighted by atomic mass is 10.1. The van der Waals surface area contributed by atoms with E-state index in [2.05, 4.69) is 9.97 Å². The van der Waals surface area contributed by atoms with Gasteiger partial charge in [-0.1, -0.05) is 0 Å². The van der Waals surface area contributed by atoms with E-state index in [-0.39, 0.29) is 22.6 Å². The Balaban J connectivity index is 2.60. The van der Waals surface area contributed by atoms with Crippen LogP contribution in [0.25, 0.3) is 11.3 Å². The van der Waals surface area contributed by atoms with Crippen LogP contribution < -0.4 is 5.73 Å². The van der Waals surface area contributed by atoms with Gasteiger partial charge in [0.25, 0.3) is 0 Å². The van der Waals surface area contributed by atoms with E-state index < -0.39 is 11.6 Å². The highest BCUT2D eigenvalue weighted by atomic mass is 19.1. The third-order valence-corrected chi connectivity index (χ3v) is 2.21. The molecule has 0 amide bonds. The first kappa shape index (κ1) is 10.5. The summed E-state index contributed by atoms with van der Waals surface area (Å²) in [5.74, 6) is -0.795. The minimum Gasteiger partial charge on any atom is -0.384 e. The molecular formula is C11H9F2N3. The van der Waals surface area contributed by atoms with Crippen LogP contribution in [-0.4, -0.2) is 9.97 Å². The zero-order valence-electron chi connectivity index (χ0n) is 8.54. The number of nitrogens with two attached hydrogens (primary N) is 1. The van der Waals surface area contributed by atoms with Crippen LogP contribution in [0.15, 0.2) is 24.5 Å². The molecule has 1 aromatic heterocycles. The van der Waals surface area contributed by atoms with Gasteiger partial charge in [0.05, 0.1) is 5.69 Å². The molecule has 0 unspecified atom stereocenters. The number of anilines is 1. The molecule has 0 radical (unpaired) electrons. The maximum Gasteiger partial charge on any atom is 0.133 e. The Hall–Kier alpha value is -2.04. The number of aryl methyl sites for hydroxylation is 1. The molecule has 1 aromatic carbocycles. The summed E-state index contributed by atoms with van der Waals surface area (Å²) in [6, 6.07) is 3.63. The van der Waals surface area contributed by atoms with Crippen LogP contribution in [0.4, 0.5) is 14.6 Å². The molecule has 0 bridgehead atoms. The van der Waals surface area contributed by atoms with E-state index >= 15 is 0 Å². The van der Waals surface area contributed by atoms with Crippen LogP contribution in [0, 0.1) is 18.6 Å². The third kappa shape index (κ3) is 1.84. The van der Waals surface area contributed by atoms with Crippen molar-refractivity contribution >= 4 is 5.82 Å². The summed E-state index contributed by atoms with van der Waals surface area (Å²) in [6.07, 6.45) is 1.21. The predicted octanol–water partition coefficient (Wildman–Crippen LogP) is 2.31. The fourth-order valence-corrected chi connectivity index (χ4v) is 1.36. The molecule has 3 nitrogen and oxygen atoms in total. The summed E-state index contributed by atoms with van der Waals surface area (Å²) in [6.45, 7) is 1.50. The number of nitrogen functional groups attached to an aromatic ring is 1. The standard InChI is InChI=1S/C11H9F2N3/c1-6-2-9(13)7(3-8(6)12)10-4-11(14)16-5-15-10/h2-5H,1H3,(H2,14,15,16). The number of rotatable bonds is 1. The minimum absolute atomic E-state index is 0.0807. The highest BCUT2D eigenvalue weighted by Crippen LogP contribution is 2.24. The molecule has 0 spiro atoms. The van der Waals surface area contributed by atoms with Crippen molar-refractivity contribution in [2.75, 3.05) is 5.73 Å². The Labute approximate surface area is 91.0 Å². The number of hydrogen-bond acceptors (Lipinski definition) is 3. The Morgan fingerprint density at radius 1 is 1.06 bits per heavy atom. The molecule has 2 N–H and O–H groups in total. The quantitative estimate of drug-likeness (QED) is 0.803. The third-order valence-electron chi connectivity index (χ3n) is 2.21. The zero-order chi connectivity index (χ0) is 11.7. The molecule has 5 heteroatoms. The molecule has 0 saturated carbocycles. The van der Waals surface area contributed by atoms with Gasteiger partial charge in [0.1, 0.15) is 23.8 Å². The van der Waals surface area contributed by atoms with Crippen LogP contribution in [-0.2, 0) is 0 Å². The fraction of sp³-hybridized carbons (Fsp3) is 0.0909. The van der Waals surface area contributed by atoms with Crippen molar-refractivity contribution in [3.8, 4) is 11.3 Å². The zero-order valence-corrected chi connectivity index (χ0v) is 8.54. The Bertz CT molecular complexity index is 541. The summed E-state index contributed by atoms with van der Waals surface area (Å²) < 4.78 is 26.9. The van der Waals surface area contributed by atoms with E-state index in [0.717, 1.165) is 12.1 Å². The van der Waals surface area contributed by atoms with Gasteiger partial charge in [-0.25, -0.2) is 18.7 Å². The van der Waals surface area contributed by atoms with Crippen molar-refractivity contribution in [2.24, 2.45) is 0 Å². The van der Waals surface area contributed by atoms with Crippen molar-refractivity contribution in [3.05, 3.63) is 41.7 Å². The summed E-state index contributed by atoms with van der Waals surface area (Å²) in [5, 5.41) is 0. The summed E-state index contributed by atoms with van der Waals surface area (Å²) in [5.41, 5.74) is 6.05. The monoisotopic (exact) mass is 221 g/mol. The fourth-order valence-electron chi connectivity index (χ4n) is 1.36. The number of benzene rings is 1. The number of halogens is 2. The summed E-state index contributed by atoms with van der Waals surface area (Å²) >= 11 is 0. The second-order valence-corrected chi connectivity index (χ2v) is 3.41. The van der Waals surface area contributed by atoms with Crippen molar-refractivity contribution in [1.29, 1.82) is 0 Å². The maximum absolute atomic E-state index is 13.6. The first-order chi connectivity index (χ1) is 7.58. The average Bonchev–Trinajstić information content (AvgIpc) is 2.23. The lowest BCUT2D eigenvalue weighted by molar-refractivity contribution is 0.594. The van der Waals surface area contributed by atoms with Gasteiger partial charge < -0.3 is 5.73 Å². The second kappa shape index (κ2) is 3.84. The van der Waals surface area contributed by atoms with Crippen molar-refractivity contribution in [1.82, 2.24) is 9.97 Å². The average molecular weight is 221 g/mol. The number of hydrogen-bond donors (Lipinski definition) is 1. The molecule has 82 valence electrons. The molecule has 2 aromatic rings. The van der Waals surface area contributed by atoms with E-state index in [4.69, 9.17) is 5.73 Å². The minimum atomic E-state index is -0.531. The topological polar surface area (TPSA) is 51.8 Å². The first-order valence-corrected chi connectivity index (χ1v) is 4.61. The van der Waals surface area contributed by atoms with E-state index in [1.54, 1.807) is 0 Å². The van der Waals surface area contributed by atoms with E-state index in [0.29, 0.717) is 0 Å². The van der Waals surface area contributed by atoms with Crippen LogP contribution >= 0.6 is 0 Å². The van der Waals surface area contributed by atoms with E-state index in [1.807, 2.05) is 0 Å². The van der Waals surface area contributed by atoms with Gasteiger partial charge in [0.15, 0.2) is 0 Å². The van der Waals surface area contributed by atoms with Crippen LogP contribution in [0.3, 0.4) is 0 Å². The molecule has 1 heterocycles. The van der Waals surface area contributed by atoms with Crippen LogP contribution in [0.2, 0.25) is 0 Å². The van der Waals surface area contributed by atoms with Gasteiger partial charge in [0.2, 0.25) is 0 Å². The molecule has 0 fully saturated rings. The lowest BCUT2D eigenvalue weighted by Crippen LogP contribution is -1.96. The van der Waals surface area contributed by atoms with Gasteiger partial charge >= 0.3 is 0 Å². The second-order valence-electron chi connectivity index (χ2n) is 3.41. The molecular weight excluding hydrogens is 212 g/mol. The van der Waals surface area contributed by atoms with Crippen molar-refractivity contribution in [2.45, 2.75) is 6.92 Å². The molecule has 0 atom stereocenters. The van der Waals surface area contributed by atoms with E-state index in [1.165, 1.54) is 19.3 Å². The summed E-state index contributed by atoms with van der Waals surface area (Å²) in [7, 11) is 0. The molecule has 0 aliphatic rings. The molecule has 0 aliphatic heterocycles. The number of nitrogens with zero attached hydrogens (tertiary/aromatic N) is 2. The Kier molecular flexibility index (Phi) is 2.52. The molecule has 16 heavy (non-hydrogen) atoms. The largest absolute Gasteiger partial charge is 0.384 e. The van der Waals surface area contributed by atoms with Crippen LogP contribution in [0.5, 0.6) is 0 Å². The summed E-state index contributed by atoms with van der Waals surface area (Å²) in [4.78, 5) is 7.53. The normalized spacial score (nSPS) is 10.4. The predicted molar refractivity (Wildman–Crippen MR) is 56.5 cm³/mol. The van der Waals surface area contributed by atoms with Crippen molar-refractivity contribution < 1.29 is 8.78 Å². The molecule has 0 aliphatic carbocycles. The number of aromatic nitrogens is 2. The highest BCUT2D eigenvalue weighted by Gasteiger charge is 2.10. The van der Waals surface area contributed by atoms with Gasteiger partial charge in [0, 0.05) is 11.6 Å². The molecule has 0 saturated heterocycles.